The molecule has 0 radical (unpaired) electrons. The van der Waals surface area contributed by atoms with Crippen LogP contribution in [-0.4, -0.2) is 28.1 Å². The lowest BCUT2D eigenvalue weighted by atomic mass is 10.1. The summed E-state index contributed by atoms with van der Waals surface area (Å²) in [5.74, 6) is -0.534. The molecule has 0 aliphatic carbocycles. The maximum Gasteiger partial charge on any atom is 0.251 e. The second-order valence-electron chi connectivity index (χ2n) is 6.32. The molecule has 0 bridgehead atoms. The molecule has 2 amide bonds. The van der Waals surface area contributed by atoms with Crippen LogP contribution in [0.1, 0.15) is 34.6 Å². The van der Waals surface area contributed by atoms with Crippen LogP contribution in [0.15, 0.2) is 72.9 Å². The Hall–Kier alpha value is -3.41. The molecule has 138 valence electrons. The van der Waals surface area contributed by atoms with Gasteiger partial charge in [0.05, 0.1) is 6.04 Å². The number of nitrogens with zero attached hydrogens (tertiary/aromatic N) is 1. The summed E-state index contributed by atoms with van der Waals surface area (Å²) in [5, 5.41) is 12.6. The van der Waals surface area contributed by atoms with Crippen molar-refractivity contribution in [3.63, 3.8) is 0 Å². The lowest BCUT2D eigenvalue weighted by Crippen LogP contribution is -2.48. The zero-order valence-electron chi connectivity index (χ0n) is 15.1. The van der Waals surface area contributed by atoms with Gasteiger partial charge in [-0.05, 0) is 30.7 Å². The lowest BCUT2D eigenvalue weighted by Gasteiger charge is -2.21. The van der Waals surface area contributed by atoms with Gasteiger partial charge in [-0.15, -0.1) is 0 Å². The fourth-order valence-electron chi connectivity index (χ4n) is 2.80. The van der Waals surface area contributed by atoms with E-state index in [1.165, 1.54) is 0 Å². The van der Waals surface area contributed by atoms with E-state index in [0.29, 0.717) is 12.0 Å². The number of carbonyl (C=O) groups is 2. The minimum Gasteiger partial charge on any atom is -0.348 e. The van der Waals surface area contributed by atoms with Crippen LogP contribution in [0.4, 0.5) is 0 Å². The van der Waals surface area contributed by atoms with Gasteiger partial charge in [0.25, 0.3) is 5.91 Å². The summed E-state index contributed by atoms with van der Waals surface area (Å²) in [5.41, 5.74) is 2.28. The van der Waals surface area contributed by atoms with Gasteiger partial charge in [-0.1, -0.05) is 48.5 Å². The Labute approximate surface area is 158 Å². The van der Waals surface area contributed by atoms with Crippen molar-refractivity contribution in [1.82, 2.24) is 20.8 Å². The predicted octanol–water partition coefficient (Wildman–Crippen LogP) is 2.63. The quantitative estimate of drug-likeness (QED) is 0.604. The van der Waals surface area contributed by atoms with Crippen molar-refractivity contribution in [2.45, 2.75) is 25.4 Å². The fraction of sp³-hybridized carbons (Fsp3) is 0.190. The number of rotatable bonds is 7. The van der Waals surface area contributed by atoms with Crippen molar-refractivity contribution in [3.8, 4) is 0 Å². The molecule has 0 spiro atoms. The summed E-state index contributed by atoms with van der Waals surface area (Å²) < 4.78 is 0. The third kappa shape index (κ3) is 5.04. The minimum absolute atomic E-state index is 0.170. The second kappa shape index (κ2) is 8.80. The third-order valence-corrected chi connectivity index (χ3v) is 4.30. The molecule has 2 atom stereocenters. The highest BCUT2D eigenvalue weighted by molar-refractivity contribution is 5.97. The summed E-state index contributed by atoms with van der Waals surface area (Å²) in [6, 6.07) is 19.4. The van der Waals surface area contributed by atoms with Crippen molar-refractivity contribution >= 4 is 11.8 Å². The molecule has 6 nitrogen and oxygen atoms in total. The van der Waals surface area contributed by atoms with Crippen LogP contribution < -0.4 is 10.6 Å². The van der Waals surface area contributed by atoms with Gasteiger partial charge in [0, 0.05) is 23.9 Å². The van der Waals surface area contributed by atoms with Crippen molar-refractivity contribution in [2.75, 3.05) is 0 Å². The van der Waals surface area contributed by atoms with Crippen molar-refractivity contribution in [2.24, 2.45) is 0 Å². The number of hydrogen-bond donors (Lipinski definition) is 3. The normalized spacial score (nSPS) is 12.8. The van der Waals surface area contributed by atoms with E-state index in [1.807, 2.05) is 43.3 Å². The van der Waals surface area contributed by atoms with Crippen LogP contribution in [0.5, 0.6) is 0 Å². The smallest absolute Gasteiger partial charge is 0.251 e. The highest BCUT2D eigenvalue weighted by Crippen LogP contribution is 2.12. The molecule has 3 N–H and O–H groups in total. The van der Waals surface area contributed by atoms with Crippen LogP contribution in [0.2, 0.25) is 0 Å². The van der Waals surface area contributed by atoms with E-state index in [4.69, 9.17) is 0 Å². The highest BCUT2D eigenvalue weighted by atomic mass is 16.2. The SMILES string of the molecule is C[C@H](NC(=O)[C@H](Cc1ccn[nH]1)NC(=O)c1ccccc1)c1ccccc1. The highest BCUT2D eigenvalue weighted by Gasteiger charge is 2.24. The van der Waals surface area contributed by atoms with Gasteiger partial charge in [0.1, 0.15) is 6.04 Å². The van der Waals surface area contributed by atoms with E-state index in [-0.39, 0.29) is 17.9 Å². The van der Waals surface area contributed by atoms with Crippen LogP contribution in [0.25, 0.3) is 0 Å². The molecule has 1 aromatic heterocycles. The van der Waals surface area contributed by atoms with Crippen molar-refractivity contribution in [3.05, 3.63) is 89.7 Å². The first-order valence-corrected chi connectivity index (χ1v) is 8.83. The maximum atomic E-state index is 12.9. The molecule has 27 heavy (non-hydrogen) atoms. The third-order valence-electron chi connectivity index (χ3n) is 4.30. The summed E-state index contributed by atoms with van der Waals surface area (Å²) in [7, 11) is 0. The van der Waals surface area contributed by atoms with Gasteiger partial charge in [0.2, 0.25) is 5.91 Å². The first-order valence-electron chi connectivity index (χ1n) is 8.83. The van der Waals surface area contributed by atoms with Crippen molar-refractivity contribution in [1.29, 1.82) is 0 Å². The van der Waals surface area contributed by atoms with Crippen LogP contribution in [0, 0.1) is 0 Å². The first kappa shape index (κ1) is 18.4. The Bertz CT molecular complexity index is 864. The summed E-state index contributed by atoms with van der Waals surface area (Å²) in [4.78, 5) is 25.4. The number of hydrogen-bond acceptors (Lipinski definition) is 3. The van der Waals surface area contributed by atoms with Gasteiger partial charge in [-0.25, -0.2) is 0 Å². The Morgan fingerprint density at radius 2 is 1.63 bits per heavy atom. The standard InChI is InChI=1S/C21H22N4O2/c1-15(16-8-4-2-5-9-16)23-21(27)19(14-18-12-13-22-25-18)24-20(26)17-10-6-3-7-11-17/h2-13,15,19H,14H2,1H3,(H,22,25)(H,23,27)(H,24,26)/t15-,19-/m0/s1. The number of carbonyl (C=O) groups excluding carboxylic acids is 2. The molecule has 3 aromatic rings. The molecule has 6 heteroatoms. The number of amides is 2. The van der Waals surface area contributed by atoms with E-state index in [1.54, 1.807) is 36.5 Å². The molecule has 2 aromatic carbocycles. The Balaban J connectivity index is 1.72. The molecule has 1 heterocycles. The van der Waals surface area contributed by atoms with E-state index in [0.717, 1.165) is 11.3 Å². The average Bonchev–Trinajstić information content (AvgIpc) is 3.22. The predicted molar refractivity (Wildman–Crippen MR) is 103 cm³/mol. The number of H-pyrrole nitrogens is 1. The summed E-state index contributed by atoms with van der Waals surface area (Å²) in [6.07, 6.45) is 1.95. The molecule has 0 aliphatic heterocycles. The summed E-state index contributed by atoms with van der Waals surface area (Å²) >= 11 is 0. The first-order chi connectivity index (χ1) is 13.1. The summed E-state index contributed by atoms with van der Waals surface area (Å²) in [6.45, 7) is 1.92. The zero-order valence-corrected chi connectivity index (χ0v) is 15.1. The number of benzene rings is 2. The zero-order chi connectivity index (χ0) is 19.1. The van der Waals surface area contributed by atoms with E-state index >= 15 is 0 Å². The van der Waals surface area contributed by atoms with Crippen LogP contribution in [0.3, 0.4) is 0 Å². The second-order valence-corrected chi connectivity index (χ2v) is 6.32. The molecule has 0 unspecified atom stereocenters. The maximum absolute atomic E-state index is 12.9. The van der Waals surface area contributed by atoms with Gasteiger partial charge >= 0.3 is 0 Å². The molecule has 0 saturated heterocycles. The topological polar surface area (TPSA) is 86.9 Å². The molecule has 0 aliphatic rings. The molecular weight excluding hydrogens is 340 g/mol. The van der Waals surface area contributed by atoms with E-state index in [2.05, 4.69) is 20.8 Å². The Kier molecular flexibility index (Phi) is 5.99. The van der Waals surface area contributed by atoms with Gasteiger partial charge in [-0.2, -0.15) is 5.10 Å². The Morgan fingerprint density at radius 3 is 2.26 bits per heavy atom. The molecule has 3 rings (SSSR count). The largest absolute Gasteiger partial charge is 0.348 e. The molecular formula is C21H22N4O2. The minimum atomic E-state index is -0.718. The number of aromatic nitrogens is 2. The number of aromatic amines is 1. The monoisotopic (exact) mass is 362 g/mol. The van der Waals surface area contributed by atoms with Crippen molar-refractivity contribution < 1.29 is 9.59 Å². The van der Waals surface area contributed by atoms with Crippen LogP contribution >= 0.6 is 0 Å². The molecule has 0 saturated carbocycles. The fourth-order valence-corrected chi connectivity index (χ4v) is 2.80. The average molecular weight is 362 g/mol. The Morgan fingerprint density at radius 1 is 0.963 bits per heavy atom. The van der Waals surface area contributed by atoms with Gasteiger partial charge < -0.3 is 10.6 Å². The lowest BCUT2D eigenvalue weighted by molar-refractivity contribution is -0.123. The van der Waals surface area contributed by atoms with Gasteiger partial charge in [0.15, 0.2) is 0 Å². The molecule has 0 fully saturated rings. The van der Waals surface area contributed by atoms with E-state index < -0.39 is 6.04 Å². The van der Waals surface area contributed by atoms with E-state index in [9.17, 15) is 9.59 Å². The van der Waals surface area contributed by atoms with Crippen LogP contribution in [-0.2, 0) is 11.2 Å². The number of nitrogens with one attached hydrogen (secondary N) is 3. The van der Waals surface area contributed by atoms with Gasteiger partial charge in [-0.3, -0.25) is 14.7 Å².